The largest absolute Gasteiger partial charge is 0.472 e. The Labute approximate surface area is 607 Å². The number of esters is 4. The second kappa shape index (κ2) is 69.1. The Hall–Kier alpha value is -1.94. The molecule has 0 aromatic heterocycles. The summed E-state index contributed by atoms with van der Waals surface area (Å²) in [6.07, 6.45) is 55.6. The molecule has 0 radical (unpaired) electrons. The molecule has 3 N–H and O–H groups in total. The van der Waals surface area contributed by atoms with Crippen molar-refractivity contribution in [1.29, 1.82) is 0 Å². The van der Waals surface area contributed by atoms with E-state index in [0.29, 0.717) is 25.7 Å². The number of carbonyl (C=O) groups is 4. The third-order valence-electron chi connectivity index (χ3n) is 18.9. The van der Waals surface area contributed by atoms with Gasteiger partial charge in [-0.2, -0.15) is 0 Å². The topological polar surface area (TPSA) is 237 Å². The number of unbranched alkanes of at least 4 members (excludes halogenated alkanes) is 42. The number of ether oxygens (including phenoxy) is 4. The lowest BCUT2D eigenvalue weighted by molar-refractivity contribution is -0.161. The number of rotatable bonds is 77. The second-order valence-corrected chi connectivity index (χ2v) is 33.4. The van der Waals surface area contributed by atoms with Gasteiger partial charge in [0.05, 0.1) is 26.4 Å². The molecule has 0 heterocycles. The maximum atomic E-state index is 13.1. The fourth-order valence-corrected chi connectivity index (χ4v) is 13.8. The number of hydrogen-bond acceptors (Lipinski definition) is 15. The lowest BCUT2D eigenvalue weighted by Crippen LogP contribution is -2.30. The molecule has 0 saturated carbocycles. The summed E-state index contributed by atoms with van der Waals surface area (Å²) in [6, 6.07) is 0. The first kappa shape index (κ1) is 97.1. The molecule has 0 spiro atoms. The van der Waals surface area contributed by atoms with E-state index in [2.05, 4.69) is 55.4 Å². The zero-order chi connectivity index (χ0) is 73.1. The first-order valence-electron chi connectivity index (χ1n) is 41.2. The molecular weight excluding hydrogens is 1290 g/mol. The highest BCUT2D eigenvalue weighted by Gasteiger charge is 2.30. The van der Waals surface area contributed by atoms with Gasteiger partial charge in [0.2, 0.25) is 0 Å². The molecule has 0 aliphatic rings. The highest BCUT2D eigenvalue weighted by atomic mass is 31.2. The minimum Gasteiger partial charge on any atom is -0.462 e. The van der Waals surface area contributed by atoms with Gasteiger partial charge in [-0.25, -0.2) is 9.13 Å². The fraction of sp³-hybridized carbons (Fsp3) is 0.950. The van der Waals surface area contributed by atoms with Crippen LogP contribution < -0.4 is 0 Å². The highest BCUT2D eigenvalue weighted by Crippen LogP contribution is 2.45. The first-order valence-corrected chi connectivity index (χ1v) is 44.2. The van der Waals surface area contributed by atoms with Crippen LogP contribution in [0.15, 0.2) is 0 Å². The summed E-state index contributed by atoms with van der Waals surface area (Å²) in [4.78, 5) is 72.9. The Kier molecular flexibility index (Phi) is 67.8. The maximum absolute atomic E-state index is 13.1. The van der Waals surface area contributed by atoms with E-state index in [4.69, 9.17) is 37.0 Å². The molecule has 19 heteroatoms. The Bertz CT molecular complexity index is 1940. The van der Waals surface area contributed by atoms with Crippen LogP contribution in [0.1, 0.15) is 409 Å². The van der Waals surface area contributed by atoms with Gasteiger partial charge in [-0.05, 0) is 49.4 Å². The van der Waals surface area contributed by atoms with Crippen LogP contribution in [-0.4, -0.2) is 96.7 Å². The van der Waals surface area contributed by atoms with Crippen LogP contribution >= 0.6 is 15.6 Å². The molecule has 0 bridgehead atoms. The minimum atomic E-state index is -4.96. The van der Waals surface area contributed by atoms with Crippen molar-refractivity contribution in [3.8, 4) is 0 Å². The molecule has 588 valence electrons. The third kappa shape index (κ3) is 72.8. The molecule has 0 rings (SSSR count). The molecule has 99 heavy (non-hydrogen) atoms. The SMILES string of the molecule is CCC(C)CCCCCCCCC(=O)OC[C@H](COP(=O)(O)OC[C@H](O)COP(=O)(O)OC[C@@H](COC(=O)CCCCCCCCCCCCCCCCCCCCC(C)C)OC(=O)CCCCCCCCCCCCC(C)C)OC(=O)CCCCCCCCCCCCCCC(C)C. The third-order valence-corrected chi connectivity index (χ3v) is 20.8. The molecule has 0 aromatic carbocycles. The molecule has 0 amide bonds. The Morgan fingerprint density at radius 1 is 0.283 bits per heavy atom. The van der Waals surface area contributed by atoms with Gasteiger partial charge in [0.1, 0.15) is 19.3 Å². The number of aliphatic hydroxyl groups is 1. The molecule has 3 unspecified atom stereocenters. The minimum absolute atomic E-state index is 0.106. The zero-order valence-corrected chi connectivity index (χ0v) is 66.9. The van der Waals surface area contributed by atoms with Gasteiger partial charge in [-0.15, -0.1) is 0 Å². The van der Waals surface area contributed by atoms with Crippen molar-refractivity contribution in [3.63, 3.8) is 0 Å². The number of carbonyl (C=O) groups excluding carboxylic acids is 4. The van der Waals surface area contributed by atoms with Gasteiger partial charge in [0.15, 0.2) is 12.2 Å². The number of phosphoric acid groups is 2. The van der Waals surface area contributed by atoms with Crippen LogP contribution in [0.5, 0.6) is 0 Å². The summed E-state index contributed by atoms with van der Waals surface area (Å²) >= 11 is 0. The molecule has 6 atom stereocenters. The average molecular weight is 1450 g/mol. The lowest BCUT2D eigenvalue weighted by atomic mass is 10.00. The number of aliphatic hydroxyl groups excluding tert-OH is 1. The molecule has 0 aliphatic carbocycles. The van der Waals surface area contributed by atoms with Crippen molar-refractivity contribution in [2.45, 2.75) is 427 Å². The summed E-state index contributed by atoms with van der Waals surface area (Å²) in [5.41, 5.74) is 0. The van der Waals surface area contributed by atoms with E-state index in [1.54, 1.807) is 0 Å². The summed E-state index contributed by atoms with van der Waals surface area (Å²) in [6.45, 7) is 14.2. The lowest BCUT2D eigenvalue weighted by Gasteiger charge is -2.21. The van der Waals surface area contributed by atoms with Gasteiger partial charge in [0.25, 0.3) is 0 Å². The average Bonchev–Trinajstić information content (AvgIpc) is 0.973. The van der Waals surface area contributed by atoms with Gasteiger partial charge in [-0.1, -0.05) is 357 Å². The Morgan fingerprint density at radius 2 is 0.485 bits per heavy atom. The van der Waals surface area contributed by atoms with E-state index in [0.717, 1.165) is 120 Å². The standard InChI is InChI=1S/C80H156O17P2/c1-9-73(8)59-51-43-38-39-45-53-61-78(83)91-67-76(97-79(84)62-54-46-36-30-23-19-18-21-27-33-41-49-57-71(4)5)69-95-99(88,89)93-65-74(81)64-92-98(86,87)94-68-75(96-80(85)63-55-47-37-31-25-24-28-34-42-50-58-72(6)7)66-90-77(82)60-52-44-35-29-22-17-15-13-11-10-12-14-16-20-26-32-40-48-56-70(2)3/h70-76,81H,9-69H2,1-8H3,(H,86,87)(H,88,89)/t73?,74-,75-,76-/m1/s1. The highest BCUT2D eigenvalue weighted by molar-refractivity contribution is 7.47. The quantitative estimate of drug-likeness (QED) is 0.0222. The van der Waals surface area contributed by atoms with Crippen molar-refractivity contribution in [3.05, 3.63) is 0 Å². The molecule has 0 aliphatic heterocycles. The molecule has 0 fully saturated rings. The molecule has 0 aromatic rings. The monoisotopic (exact) mass is 1450 g/mol. The Morgan fingerprint density at radius 3 is 0.717 bits per heavy atom. The first-order chi connectivity index (χ1) is 47.6. The second-order valence-electron chi connectivity index (χ2n) is 30.5. The smallest absolute Gasteiger partial charge is 0.462 e. The summed E-state index contributed by atoms with van der Waals surface area (Å²) < 4.78 is 68.6. The van der Waals surface area contributed by atoms with Crippen molar-refractivity contribution in [1.82, 2.24) is 0 Å². The van der Waals surface area contributed by atoms with Crippen LogP contribution in [0.25, 0.3) is 0 Å². The summed E-state index contributed by atoms with van der Waals surface area (Å²) in [5.74, 6) is 0.965. The predicted octanol–water partition coefficient (Wildman–Crippen LogP) is 23.6. The summed E-state index contributed by atoms with van der Waals surface area (Å²) in [5, 5.41) is 10.6. The normalized spacial score (nSPS) is 14.3. The van der Waals surface area contributed by atoms with Crippen LogP contribution in [0.2, 0.25) is 0 Å². The van der Waals surface area contributed by atoms with Crippen LogP contribution in [-0.2, 0) is 65.4 Å². The van der Waals surface area contributed by atoms with Crippen molar-refractivity contribution >= 4 is 39.5 Å². The molecular formula is C80H156O17P2. The van der Waals surface area contributed by atoms with Crippen molar-refractivity contribution in [2.75, 3.05) is 39.6 Å². The maximum Gasteiger partial charge on any atom is 0.472 e. The van der Waals surface area contributed by atoms with Gasteiger partial charge in [-0.3, -0.25) is 37.3 Å². The van der Waals surface area contributed by atoms with E-state index in [-0.39, 0.29) is 25.7 Å². The van der Waals surface area contributed by atoms with Gasteiger partial charge in [0, 0.05) is 25.7 Å². The van der Waals surface area contributed by atoms with E-state index >= 15 is 0 Å². The van der Waals surface area contributed by atoms with Crippen LogP contribution in [0.4, 0.5) is 0 Å². The van der Waals surface area contributed by atoms with Crippen LogP contribution in [0.3, 0.4) is 0 Å². The van der Waals surface area contributed by atoms with E-state index < -0.39 is 97.5 Å². The Balaban J connectivity index is 5.20. The van der Waals surface area contributed by atoms with Crippen LogP contribution in [0, 0.1) is 23.7 Å². The van der Waals surface area contributed by atoms with E-state index in [1.165, 1.54) is 205 Å². The zero-order valence-electron chi connectivity index (χ0n) is 65.1. The van der Waals surface area contributed by atoms with Gasteiger partial charge >= 0.3 is 39.5 Å². The predicted molar refractivity (Wildman–Crippen MR) is 404 cm³/mol. The summed E-state index contributed by atoms with van der Waals surface area (Å²) in [7, 11) is -9.92. The molecule has 0 saturated heterocycles. The number of hydrogen-bond donors (Lipinski definition) is 3. The van der Waals surface area contributed by atoms with E-state index in [1.807, 2.05) is 0 Å². The van der Waals surface area contributed by atoms with Gasteiger partial charge < -0.3 is 33.8 Å². The fourth-order valence-electron chi connectivity index (χ4n) is 12.2. The van der Waals surface area contributed by atoms with Crippen molar-refractivity contribution < 1.29 is 80.2 Å². The molecule has 17 nitrogen and oxygen atoms in total. The van der Waals surface area contributed by atoms with Crippen molar-refractivity contribution in [2.24, 2.45) is 23.7 Å². The number of phosphoric ester groups is 2. The van der Waals surface area contributed by atoms with E-state index in [9.17, 15) is 43.2 Å².